The number of carbonyl (C=O) groups is 2. The van der Waals surface area contributed by atoms with Gasteiger partial charge in [-0.15, -0.1) is 0 Å². The van der Waals surface area contributed by atoms with E-state index in [1.807, 2.05) is 35.2 Å². The van der Waals surface area contributed by atoms with Gasteiger partial charge in [0.2, 0.25) is 5.91 Å². The van der Waals surface area contributed by atoms with Gasteiger partial charge in [0.05, 0.1) is 0 Å². The van der Waals surface area contributed by atoms with Crippen molar-refractivity contribution in [3.8, 4) is 0 Å². The lowest BCUT2D eigenvalue weighted by Crippen LogP contribution is -2.34. The minimum Gasteiger partial charge on any atom is -0.352 e. The fourth-order valence-electron chi connectivity index (χ4n) is 4.13. The van der Waals surface area contributed by atoms with Gasteiger partial charge in [0.25, 0.3) is 0 Å². The normalized spacial score (nSPS) is 22.9. The van der Waals surface area contributed by atoms with Crippen molar-refractivity contribution in [3.63, 3.8) is 0 Å². The Labute approximate surface area is 165 Å². The fraction of sp³-hybridized carbons (Fsp3) is 0.409. The zero-order chi connectivity index (χ0) is 19.6. The van der Waals surface area contributed by atoms with Gasteiger partial charge >= 0.3 is 6.03 Å². The summed E-state index contributed by atoms with van der Waals surface area (Å²) in [6.45, 7) is 3.94. The van der Waals surface area contributed by atoms with E-state index in [0.29, 0.717) is 19.6 Å². The second-order valence-corrected chi connectivity index (χ2v) is 7.85. The number of aryl methyl sites for hydroxylation is 1. The van der Waals surface area contributed by atoms with Crippen molar-refractivity contribution in [1.29, 1.82) is 0 Å². The summed E-state index contributed by atoms with van der Waals surface area (Å²) in [5.74, 6) is 0.0900. The molecule has 6 heteroatoms. The molecule has 1 spiro atoms. The van der Waals surface area contributed by atoms with Crippen molar-refractivity contribution in [1.82, 2.24) is 15.2 Å². The Bertz CT molecular complexity index is 870. The van der Waals surface area contributed by atoms with E-state index in [1.54, 1.807) is 12.4 Å². The number of hydrogen-bond acceptors (Lipinski definition) is 3. The average Bonchev–Trinajstić information content (AvgIpc) is 3.26. The third kappa shape index (κ3) is 3.86. The number of urea groups is 1. The van der Waals surface area contributed by atoms with Crippen molar-refractivity contribution in [3.05, 3.63) is 59.9 Å². The lowest BCUT2D eigenvalue weighted by molar-refractivity contribution is -0.123. The van der Waals surface area contributed by atoms with Crippen LogP contribution in [0.15, 0.2) is 48.8 Å². The highest BCUT2D eigenvalue weighted by Crippen LogP contribution is 2.58. The van der Waals surface area contributed by atoms with E-state index >= 15 is 0 Å². The van der Waals surface area contributed by atoms with E-state index < -0.39 is 0 Å². The molecule has 6 nitrogen and oxygen atoms in total. The van der Waals surface area contributed by atoms with E-state index in [1.165, 1.54) is 5.56 Å². The maximum absolute atomic E-state index is 12.6. The molecule has 0 bridgehead atoms. The molecule has 1 aliphatic carbocycles. The molecule has 1 saturated heterocycles. The molecule has 0 unspecified atom stereocenters. The molecule has 1 aliphatic heterocycles. The van der Waals surface area contributed by atoms with Crippen LogP contribution in [0.4, 0.5) is 10.5 Å². The Hall–Kier alpha value is -2.89. The number of nitrogens with zero attached hydrogens (tertiary/aromatic N) is 2. The highest BCUT2D eigenvalue weighted by atomic mass is 16.2. The maximum Gasteiger partial charge on any atom is 0.321 e. The van der Waals surface area contributed by atoms with Crippen molar-refractivity contribution in [2.45, 2.75) is 32.7 Å². The largest absolute Gasteiger partial charge is 0.352 e. The smallest absolute Gasteiger partial charge is 0.321 e. The summed E-state index contributed by atoms with van der Waals surface area (Å²) in [5, 5.41) is 6.00. The van der Waals surface area contributed by atoms with Gasteiger partial charge in [-0.25, -0.2) is 4.79 Å². The first-order valence-electron chi connectivity index (χ1n) is 9.91. The van der Waals surface area contributed by atoms with Crippen LogP contribution in [-0.2, 0) is 17.8 Å². The van der Waals surface area contributed by atoms with Gasteiger partial charge in [-0.3, -0.25) is 9.78 Å². The molecule has 1 aromatic heterocycles. The van der Waals surface area contributed by atoms with Gasteiger partial charge < -0.3 is 15.5 Å². The Kier molecular flexibility index (Phi) is 5.03. The Morgan fingerprint density at radius 2 is 2.11 bits per heavy atom. The second kappa shape index (κ2) is 7.62. The highest BCUT2D eigenvalue weighted by Gasteiger charge is 2.61. The van der Waals surface area contributed by atoms with E-state index in [-0.39, 0.29) is 23.3 Å². The number of anilines is 1. The number of benzene rings is 1. The van der Waals surface area contributed by atoms with Gasteiger partial charge in [-0.2, -0.15) is 0 Å². The van der Waals surface area contributed by atoms with Crippen molar-refractivity contribution in [2.75, 3.05) is 18.4 Å². The van der Waals surface area contributed by atoms with Crippen LogP contribution in [0.5, 0.6) is 0 Å². The molecule has 3 amide bonds. The lowest BCUT2D eigenvalue weighted by Gasteiger charge is -2.18. The topological polar surface area (TPSA) is 74.3 Å². The first-order chi connectivity index (χ1) is 13.6. The van der Waals surface area contributed by atoms with Gasteiger partial charge in [-0.1, -0.05) is 25.1 Å². The Morgan fingerprint density at radius 3 is 2.89 bits per heavy atom. The van der Waals surface area contributed by atoms with Crippen molar-refractivity contribution >= 4 is 17.6 Å². The molecule has 1 saturated carbocycles. The van der Waals surface area contributed by atoms with Crippen LogP contribution >= 0.6 is 0 Å². The van der Waals surface area contributed by atoms with Crippen LogP contribution in [0.1, 0.15) is 30.9 Å². The summed E-state index contributed by atoms with van der Waals surface area (Å²) in [6, 6.07) is 11.7. The number of likely N-dealkylation sites (tertiary alicyclic amines) is 1. The molecule has 2 heterocycles. The first kappa shape index (κ1) is 18.5. The molecule has 2 N–H and O–H groups in total. The van der Waals surface area contributed by atoms with Crippen LogP contribution in [-0.4, -0.2) is 34.9 Å². The number of nitrogens with one attached hydrogen (secondary N) is 2. The fourth-order valence-corrected chi connectivity index (χ4v) is 4.13. The standard InChI is InChI=1S/C22H26N4O2/c1-2-16-5-3-7-18(11-16)25-21(28)26-10-8-22(15-26)12-19(22)20(27)24-14-17-6-4-9-23-13-17/h3-7,9,11,13,19H,2,8,10,12,14-15H2,1H3,(H,24,27)(H,25,28)/t19-,22-/m0/s1. The number of rotatable bonds is 5. The van der Waals surface area contributed by atoms with Crippen LogP contribution in [0.3, 0.4) is 0 Å². The average molecular weight is 378 g/mol. The molecule has 2 fully saturated rings. The predicted octanol–water partition coefficient (Wildman–Crippen LogP) is 3.20. The molecule has 2 aromatic rings. The summed E-state index contributed by atoms with van der Waals surface area (Å²) in [4.78, 5) is 31.1. The molecule has 28 heavy (non-hydrogen) atoms. The molecular formula is C22H26N4O2. The third-order valence-electron chi connectivity index (χ3n) is 5.95. The molecule has 2 aliphatic rings. The van der Waals surface area contributed by atoms with E-state index in [0.717, 1.165) is 30.5 Å². The molecule has 1 aromatic carbocycles. The summed E-state index contributed by atoms with van der Waals surface area (Å²) < 4.78 is 0. The van der Waals surface area contributed by atoms with E-state index in [2.05, 4.69) is 28.6 Å². The van der Waals surface area contributed by atoms with Gasteiger partial charge in [0, 0.05) is 49.0 Å². The number of aromatic nitrogens is 1. The first-order valence-corrected chi connectivity index (χ1v) is 9.91. The predicted molar refractivity (Wildman–Crippen MR) is 108 cm³/mol. The Morgan fingerprint density at radius 1 is 1.25 bits per heavy atom. The highest BCUT2D eigenvalue weighted by molar-refractivity contribution is 5.90. The van der Waals surface area contributed by atoms with Crippen LogP contribution in [0.25, 0.3) is 0 Å². The molecule has 2 atom stereocenters. The quantitative estimate of drug-likeness (QED) is 0.839. The molecular weight excluding hydrogens is 352 g/mol. The van der Waals surface area contributed by atoms with Crippen LogP contribution in [0, 0.1) is 11.3 Å². The monoisotopic (exact) mass is 378 g/mol. The summed E-state index contributed by atoms with van der Waals surface area (Å²) >= 11 is 0. The van der Waals surface area contributed by atoms with E-state index in [9.17, 15) is 9.59 Å². The number of amides is 3. The SMILES string of the molecule is CCc1cccc(NC(=O)N2CC[C@]3(C[C@H]3C(=O)NCc3cccnc3)C2)c1. The maximum atomic E-state index is 12.6. The molecule has 146 valence electrons. The third-order valence-corrected chi connectivity index (χ3v) is 5.95. The molecule has 4 rings (SSSR count). The van der Waals surface area contributed by atoms with Gasteiger partial charge in [0.15, 0.2) is 0 Å². The minimum atomic E-state index is -0.0773. The zero-order valence-corrected chi connectivity index (χ0v) is 16.1. The number of hydrogen-bond donors (Lipinski definition) is 2. The lowest BCUT2D eigenvalue weighted by atomic mass is 10.0. The second-order valence-electron chi connectivity index (χ2n) is 7.85. The summed E-state index contributed by atoms with van der Waals surface area (Å²) in [6.07, 6.45) is 6.17. The van der Waals surface area contributed by atoms with Crippen molar-refractivity contribution in [2.24, 2.45) is 11.3 Å². The zero-order valence-electron chi connectivity index (χ0n) is 16.1. The van der Waals surface area contributed by atoms with Gasteiger partial charge in [-0.05, 0) is 48.6 Å². The minimum absolute atomic E-state index is 0.00499. The van der Waals surface area contributed by atoms with Crippen LogP contribution in [0.2, 0.25) is 0 Å². The summed E-state index contributed by atoms with van der Waals surface area (Å²) in [7, 11) is 0. The number of carbonyl (C=O) groups excluding carboxylic acids is 2. The van der Waals surface area contributed by atoms with E-state index in [4.69, 9.17) is 0 Å². The van der Waals surface area contributed by atoms with Crippen LogP contribution < -0.4 is 10.6 Å². The molecule has 0 radical (unpaired) electrons. The van der Waals surface area contributed by atoms with Crippen molar-refractivity contribution < 1.29 is 9.59 Å². The Balaban J connectivity index is 1.29. The number of pyridine rings is 1. The van der Waals surface area contributed by atoms with Gasteiger partial charge in [0.1, 0.15) is 0 Å². The summed E-state index contributed by atoms with van der Waals surface area (Å²) in [5.41, 5.74) is 2.98.